The number of para-hydroxylation sites is 1. The van der Waals surface area contributed by atoms with E-state index in [2.05, 4.69) is 26.2 Å². The lowest BCUT2D eigenvalue weighted by Crippen LogP contribution is -2.38. The summed E-state index contributed by atoms with van der Waals surface area (Å²) in [7, 11) is 1.52. The highest BCUT2D eigenvalue weighted by atomic mass is 79.9. The molecule has 10 heteroatoms. The standard InChI is InChI=1S/C26H24BrN3O6/c1-35-24-11-18(21(27)12-25(24)36-15-16-6-8-19(9-7-16)30(33)34)14-29-23(26(31)32)10-17-13-28-22-5-3-2-4-20(17)22/h2-9,11-13,23,28-29H,10,14-15H2,1H3,(H,31,32). The molecular formula is C26H24BrN3O6. The Hall–Kier alpha value is -3.89. The third-order valence-electron chi connectivity index (χ3n) is 5.81. The van der Waals surface area contributed by atoms with E-state index >= 15 is 0 Å². The topological polar surface area (TPSA) is 127 Å². The van der Waals surface area contributed by atoms with Crippen LogP contribution in [-0.2, 0) is 24.4 Å². The first-order valence-corrected chi connectivity index (χ1v) is 11.9. The molecule has 0 saturated carbocycles. The number of carbonyl (C=O) groups is 1. The van der Waals surface area contributed by atoms with Gasteiger partial charge < -0.3 is 19.6 Å². The van der Waals surface area contributed by atoms with E-state index in [-0.39, 0.29) is 12.3 Å². The lowest BCUT2D eigenvalue weighted by molar-refractivity contribution is -0.384. The number of nitrogens with one attached hydrogen (secondary N) is 2. The van der Waals surface area contributed by atoms with E-state index < -0.39 is 16.9 Å². The molecule has 4 rings (SSSR count). The van der Waals surface area contributed by atoms with E-state index in [9.17, 15) is 20.0 Å². The van der Waals surface area contributed by atoms with Gasteiger partial charge in [0.05, 0.1) is 12.0 Å². The van der Waals surface area contributed by atoms with Crippen LogP contribution in [0.2, 0.25) is 0 Å². The van der Waals surface area contributed by atoms with Crippen LogP contribution in [0, 0.1) is 10.1 Å². The highest BCUT2D eigenvalue weighted by Gasteiger charge is 2.20. The Morgan fingerprint density at radius 1 is 1.14 bits per heavy atom. The summed E-state index contributed by atoms with van der Waals surface area (Å²) < 4.78 is 12.1. The number of nitro benzene ring substituents is 1. The van der Waals surface area contributed by atoms with Crippen LogP contribution in [0.3, 0.4) is 0 Å². The summed E-state index contributed by atoms with van der Waals surface area (Å²) in [5.41, 5.74) is 3.48. The van der Waals surface area contributed by atoms with Crippen molar-refractivity contribution in [1.82, 2.24) is 10.3 Å². The van der Waals surface area contributed by atoms with E-state index in [0.29, 0.717) is 24.5 Å². The predicted octanol–water partition coefficient (Wildman–Crippen LogP) is 5.21. The lowest BCUT2D eigenvalue weighted by atomic mass is 10.0. The highest BCUT2D eigenvalue weighted by Crippen LogP contribution is 2.34. The van der Waals surface area contributed by atoms with Crippen LogP contribution in [-0.4, -0.2) is 34.1 Å². The van der Waals surface area contributed by atoms with Crippen molar-refractivity contribution in [3.05, 3.63) is 98.1 Å². The molecule has 0 radical (unpaired) electrons. The number of aromatic nitrogens is 1. The van der Waals surface area contributed by atoms with Gasteiger partial charge in [0.15, 0.2) is 11.5 Å². The number of H-pyrrole nitrogens is 1. The van der Waals surface area contributed by atoms with Gasteiger partial charge in [-0.25, -0.2) is 0 Å². The molecule has 4 aromatic rings. The van der Waals surface area contributed by atoms with Crippen molar-refractivity contribution in [1.29, 1.82) is 0 Å². The van der Waals surface area contributed by atoms with Crippen molar-refractivity contribution in [2.24, 2.45) is 0 Å². The second-order valence-electron chi connectivity index (χ2n) is 8.14. The molecular weight excluding hydrogens is 530 g/mol. The number of nitrogens with zero attached hydrogens (tertiary/aromatic N) is 1. The first kappa shape index (κ1) is 25.2. The number of rotatable bonds is 11. The first-order valence-electron chi connectivity index (χ1n) is 11.1. The molecule has 0 spiro atoms. The predicted molar refractivity (Wildman–Crippen MR) is 138 cm³/mol. The van der Waals surface area contributed by atoms with Gasteiger partial charge in [-0.1, -0.05) is 34.1 Å². The SMILES string of the molecule is COc1cc(CNC(Cc2c[nH]c3ccccc23)C(=O)O)c(Br)cc1OCc1ccc([N+](=O)[O-])cc1. The fourth-order valence-electron chi connectivity index (χ4n) is 3.86. The maximum Gasteiger partial charge on any atom is 0.321 e. The number of aromatic amines is 1. The second-order valence-corrected chi connectivity index (χ2v) is 9.00. The lowest BCUT2D eigenvalue weighted by Gasteiger charge is -2.17. The van der Waals surface area contributed by atoms with E-state index in [0.717, 1.165) is 32.1 Å². The number of benzene rings is 3. The van der Waals surface area contributed by atoms with Crippen LogP contribution in [0.25, 0.3) is 10.9 Å². The molecule has 0 aliphatic heterocycles. The summed E-state index contributed by atoms with van der Waals surface area (Å²) >= 11 is 3.54. The van der Waals surface area contributed by atoms with Gasteiger partial charge in [-0.05, 0) is 47.0 Å². The number of carboxylic acid groups (broad SMARTS) is 1. The number of hydrogen-bond donors (Lipinski definition) is 3. The minimum Gasteiger partial charge on any atom is -0.493 e. The Kier molecular flexibility index (Phi) is 7.87. The largest absolute Gasteiger partial charge is 0.493 e. The van der Waals surface area contributed by atoms with Crippen LogP contribution < -0.4 is 14.8 Å². The summed E-state index contributed by atoms with van der Waals surface area (Å²) in [6.45, 7) is 0.489. The number of non-ortho nitro benzene ring substituents is 1. The molecule has 1 unspecified atom stereocenters. The molecule has 36 heavy (non-hydrogen) atoms. The molecule has 186 valence electrons. The fraction of sp³-hybridized carbons (Fsp3) is 0.192. The molecule has 0 fully saturated rings. The zero-order valence-corrected chi connectivity index (χ0v) is 20.9. The molecule has 1 heterocycles. The van der Waals surface area contributed by atoms with Gasteiger partial charge in [0.1, 0.15) is 12.6 Å². The number of carboxylic acids is 1. The fourth-order valence-corrected chi connectivity index (χ4v) is 4.32. The average molecular weight is 554 g/mol. The number of halogens is 1. The summed E-state index contributed by atoms with van der Waals surface area (Å²) in [6.07, 6.45) is 2.17. The zero-order valence-electron chi connectivity index (χ0n) is 19.4. The smallest absolute Gasteiger partial charge is 0.321 e. The van der Waals surface area contributed by atoms with Crippen LogP contribution >= 0.6 is 15.9 Å². The van der Waals surface area contributed by atoms with E-state index in [1.165, 1.54) is 19.2 Å². The maximum absolute atomic E-state index is 12.0. The Balaban J connectivity index is 1.44. The molecule has 0 aliphatic carbocycles. The van der Waals surface area contributed by atoms with E-state index in [4.69, 9.17) is 9.47 Å². The quantitative estimate of drug-likeness (QED) is 0.172. The zero-order chi connectivity index (χ0) is 25.7. The van der Waals surface area contributed by atoms with Crippen molar-refractivity contribution < 1.29 is 24.3 Å². The number of hydrogen-bond acceptors (Lipinski definition) is 6. The molecule has 0 saturated heterocycles. The normalized spacial score (nSPS) is 11.8. The van der Waals surface area contributed by atoms with E-state index in [1.54, 1.807) is 24.3 Å². The number of ether oxygens (including phenoxy) is 2. The van der Waals surface area contributed by atoms with Crippen LogP contribution in [0.1, 0.15) is 16.7 Å². The Bertz CT molecular complexity index is 1390. The summed E-state index contributed by atoms with van der Waals surface area (Å²) in [5.74, 6) is 0.0342. The van der Waals surface area contributed by atoms with Gasteiger partial charge in [-0.2, -0.15) is 0 Å². The summed E-state index contributed by atoms with van der Waals surface area (Å²) in [5, 5.41) is 24.7. The second kappa shape index (κ2) is 11.2. The molecule has 3 aromatic carbocycles. The average Bonchev–Trinajstić information content (AvgIpc) is 3.28. The summed E-state index contributed by atoms with van der Waals surface area (Å²) in [6, 6.07) is 16.7. The number of fused-ring (bicyclic) bond motifs is 1. The number of aliphatic carboxylic acids is 1. The highest BCUT2D eigenvalue weighted by molar-refractivity contribution is 9.10. The van der Waals surface area contributed by atoms with Gasteiger partial charge in [-0.3, -0.25) is 20.2 Å². The van der Waals surface area contributed by atoms with Gasteiger partial charge in [0.2, 0.25) is 0 Å². The van der Waals surface area contributed by atoms with Crippen LogP contribution in [0.5, 0.6) is 11.5 Å². The van der Waals surface area contributed by atoms with E-state index in [1.807, 2.05) is 30.5 Å². The van der Waals surface area contributed by atoms with Crippen molar-refractivity contribution >= 4 is 38.5 Å². The summed E-state index contributed by atoms with van der Waals surface area (Å²) in [4.78, 5) is 25.5. The van der Waals surface area contributed by atoms with Crippen molar-refractivity contribution in [2.45, 2.75) is 25.6 Å². The number of nitro groups is 1. The van der Waals surface area contributed by atoms with Crippen LogP contribution in [0.4, 0.5) is 5.69 Å². The van der Waals surface area contributed by atoms with Crippen LogP contribution in [0.15, 0.2) is 71.3 Å². The Morgan fingerprint density at radius 2 is 1.89 bits per heavy atom. The molecule has 0 amide bonds. The van der Waals surface area contributed by atoms with Crippen molar-refractivity contribution in [2.75, 3.05) is 7.11 Å². The van der Waals surface area contributed by atoms with Gasteiger partial charge in [0.25, 0.3) is 5.69 Å². The third-order valence-corrected chi connectivity index (χ3v) is 6.55. The minimum atomic E-state index is -0.939. The maximum atomic E-state index is 12.0. The Labute approximate surface area is 215 Å². The Morgan fingerprint density at radius 3 is 2.58 bits per heavy atom. The van der Waals surface area contributed by atoms with Gasteiger partial charge in [-0.15, -0.1) is 0 Å². The molecule has 1 atom stereocenters. The van der Waals surface area contributed by atoms with Gasteiger partial charge >= 0.3 is 5.97 Å². The molecule has 1 aromatic heterocycles. The third kappa shape index (κ3) is 5.84. The van der Waals surface area contributed by atoms with Gasteiger partial charge in [0, 0.05) is 46.7 Å². The minimum absolute atomic E-state index is 0.0142. The van der Waals surface area contributed by atoms with Crippen molar-refractivity contribution in [3.63, 3.8) is 0 Å². The first-order chi connectivity index (χ1) is 17.4. The molecule has 0 bridgehead atoms. The molecule has 0 aliphatic rings. The number of methoxy groups -OCH3 is 1. The molecule has 9 nitrogen and oxygen atoms in total. The molecule has 3 N–H and O–H groups in total. The van der Waals surface area contributed by atoms with Crippen molar-refractivity contribution in [3.8, 4) is 11.5 Å². The monoisotopic (exact) mass is 553 g/mol.